The van der Waals surface area contributed by atoms with Crippen molar-refractivity contribution >= 4 is 23.8 Å². The molecule has 0 aliphatic carbocycles. The van der Waals surface area contributed by atoms with Crippen LogP contribution in [0.4, 0.5) is 4.79 Å². The lowest BCUT2D eigenvalue weighted by molar-refractivity contribution is -0.139. The predicted octanol–water partition coefficient (Wildman–Crippen LogP) is -0.621. The maximum atomic E-state index is 12.3. The maximum Gasteiger partial charge on any atom is 0.344 e. The van der Waals surface area contributed by atoms with Crippen LogP contribution in [-0.2, 0) is 9.59 Å². The molecule has 1 atom stereocenters. The quantitative estimate of drug-likeness (QED) is 0.478. The zero-order valence-electron chi connectivity index (χ0n) is 17.3. The van der Waals surface area contributed by atoms with Gasteiger partial charge >= 0.3 is 6.03 Å². The summed E-state index contributed by atoms with van der Waals surface area (Å²) < 4.78 is 5.05. The monoisotopic (exact) mass is 420 g/mol. The Morgan fingerprint density at radius 3 is 2.50 bits per heavy atom. The van der Waals surface area contributed by atoms with Gasteiger partial charge in [-0.15, -0.1) is 0 Å². The van der Waals surface area contributed by atoms with Crippen LogP contribution in [0.15, 0.2) is 22.8 Å². The van der Waals surface area contributed by atoms with Gasteiger partial charge in [0.05, 0.1) is 12.8 Å². The van der Waals surface area contributed by atoms with Crippen LogP contribution in [0.3, 0.4) is 0 Å². The minimum atomic E-state index is -0.984. The molecule has 1 unspecified atom stereocenters. The molecule has 11 heteroatoms. The van der Waals surface area contributed by atoms with Crippen molar-refractivity contribution < 1.29 is 23.6 Å². The number of urea groups is 1. The van der Waals surface area contributed by atoms with Gasteiger partial charge in [-0.2, -0.15) is 5.01 Å². The summed E-state index contributed by atoms with van der Waals surface area (Å²) in [5, 5.41) is 6.17. The van der Waals surface area contributed by atoms with Crippen LogP contribution >= 0.6 is 0 Å². The van der Waals surface area contributed by atoms with Gasteiger partial charge in [-0.1, -0.05) is 6.92 Å². The number of nitrogens with one attached hydrogen (secondary N) is 3. The minimum absolute atomic E-state index is 0.100. The van der Waals surface area contributed by atoms with E-state index in [1.165, 1.54) is 6.26 Å². The van der Waals surface area contributed by atoms with E-state index in [0.717, 1.165) is 18.1 Å². The lowest BCUT2D eigenvalue weighted by Crippen LogP contribution is -2.54. The molecule has 3 heterocycles. The fourth-order valence-corrected chi connectivity index (χ4v) is 3.38. The summed E-state index contributed by atoms with van der Waals surface area (Å²) in [7, 11) is 0. The molecule has 164 valence electrons. The number of nitrogens with zero attached hydrogens (tertiary/aromatic N) is 3. The van der Waals surface area contributed by atoms with Crippen molar-refractivity contribution in [1.82, 2.24) is 30.9 Å². The van der Waals surface area contributed by atoms with E-state index in [2.05, 4.69) is 21.0 Å². The molecule has 5 amide bonds. The van der Waals surface area contributed by atoms with Crippen molar-refractivity contribution in [1.29, 1.82) is 0 Å². The Morgan fingerprint density at radius 1 is 1.20 bits per heavy atom. The van der Waals surface area contributed by atoms with Gasteiger partial charge in [0.15, 0.2) is 5.76 Å². The first-order chi connectivity index (χ1) is 14.3. The number of carbonyl (C=O) groups excluding carboxylic acids is 4. The Bertz CT molecular complexity index is 789. The van der Waals surface area contributed by atoms with Crippen molar-refractivity contribution in [3.8, 4) is 0 Å². The van der Waals surface area contributed by atoms with E-state index in [9.17, 15) is 19.2 Å². The van der Waals surface area contributed by atoms with E-state index in [0.29, 0.717) is 32.6 Å². The van der Waals surface area contributed by atoms with Gasteiger partial charge in [0.1, 0.15) is 5.54 Å². The zero-order chi connectivity index (χ0) is 21.7. The van der Waals surface area contributed by atoms with Gasteiger partial charge in [-0.3, -0.25) is 29.6 Å². The van der Waals surface area contributed by atoms with Crippen molar-refractivity contribution in [2.24, 2.45) is 0 Å². The Balaban J connectivity index is 1.35. The first-order valence-corrected chi connectivity index (χ1v) is 10.0. The third-order valence-corrected chi connectivity index (χ3v) is 5.50. The second-order valence-electron chi connectivity index (χ2n) is 7.64. The number of hydrogen-bond acceptors (Lipinski definition) is 7. The van der Waals surface area contributed by atoms with Crippen molar-refractivity contribution in [2.45, 2.75) is 25.8 Å². The number of furan rings is 1. The summed E-state index contributed by atoms with van der Waals surface area (Å²) >= 11 is 0. The van der Waals surface area contributed by atoms with Gasteiger partial charge in [0, 0.05) is 39.3 Å². The minimum Gasteiger partial charge on any atom is -0.459 e. The summed E-state index contributed by atoms with van der Waals surface area (Å²) in [5.74, 6) is -0.812. The third kappa shape index (κ3) is 4.97. The second-order valence-corrected chi connectivity index (χ2v) is 7.64. The van der Waals surface area contributed by atoms with Gasteiger partial charge in [-0.25, -0.2) is 4.79 Å². The fraction of sp³-hybridized carbons (Fsp3) is 0.579. The highest BCUT2D eigenvalue weighted by atomic mass is 16.3. The van der Waals surface area contributed by atoms with E-state index >= 15 is 0 Å². The fourth-order valence-electron chi connectivity index (χ4n) is 3.38. The van der Waals surface area contributed by atoms with Gasteiger partial charge in [0.25, 0.3) is 17.7 Å². The highest BCUT2D eigenvalue weighted by Crippen LogP contribution is 2.19. The average molecular weight is 420 g/mol. The van der Waals surface area contributed by atoms with E-state index in [4.69, 9.17) is 4.42 Å². The van der Waals surface area contributed by atoms with Crippen molar-refractivity contribution in [3.05, 3.63) is 24.2 Å². The topological polar surface area (TPSA) is 127 Å². The molecular weight excluding hydrogens is 392 g/mol. The largest absolute Gasteiger partial charge is 0.459 e. The molecule has 2 saturated heterocycles. The first kappa shape index (κ1) is 21.8. The van der Waals surface area contributed by atoms with E-state index in [-0.39, 0.29) is 18.2 Å². The molecule has 1 aromatic rings. The SMILES string of the molecule is CCC1(C)NC(=O)N(NC(=O)CN2CCN(CCNC(=O)c3ccco3)CC2)C1=O. The number of imide groups is 1. The average Bonchev–Trinajstić information content (AvgIpc) is 3.33. The van der Waals surface area contributed by atoms with Crippen LogP contribution < -0.4 is 16.1 Å². The van der Waals surface area contributed by atoms with Gasteiger partial charge in [-0.05, 0) is 25.5 Å². The smallest absolute Gasteiger partial charge is 0.344 e. The van der Waals surface area contributed by atoms with Crippen LogP contribution in [0.5, 0.6) is 0 Å². The van der Waals surface area contributed by atoms with Crippen LogP contribution in [-0.4, -0.2) is 89.9 Å². The van der Waals surface area contributed by atoms with Crippen LogP contribution in [0.1, 0.15) is 30.8 Å². The molecule has 3 N–H and O–H groups in total. The number of hydrazine groups is 1. The molecule has 0 bridgehead atoms. The summed E-state index contributed by atoms with van der Waals surface area (Å²) in [6, 6.07) is 2.67. The zero-order valence-corrected chi connectivity index (χ0v) is 17.3. The molecule has 11 nitrogen and oxygen atoms in total. The Kier molecular flexibility index (Phi) is 6.73. The van der Waals surface area contributed by atoms with Gasteiger partial charge < -0.3 is 15.1 Å². The molecule has 0 saturated carbocycles. The summed E-state index contributed by atoms with van der Waals surface area (Å²) in [6.45, 7) is 7.58. The molecule has 0 spiro atoms. The molecule has 0 radical (unpaired) electrons. The Morgan fingerprint density at radius 2 is 1.90 bits per heavy atom. The lowest BCUT2D eigenvalue weighted by atomic mass is 10.00. The Labute approximate surface area is 174 Å². The third-order valence-electron chi connectivity index (χ3n) is 5.50. The summed E-state index contributed by atoms with van der Waals surface area (Å²) in [4.78, 5) is 52.6. The van der Waals surface area contributed by atoms with Gasteiger partial charge in [0.2, 0.25) is 0 Å². The number of piperazine rings is 1. The van der Waals surface area contributed by atoms with E-state index in [1.54, 1.807) is 26.0 Å². The number of carbonyl (C=O) groups is 4. The van der Waals surface area contributed by atoms with E-state index < -0.39 is 23.4 Å². The molecular formula is C19H28N6O5. The molecule has 30 heavy (non-hydrogen) atoms. The summed E-state index contributed by atoms with van der Waals surface area (Å²) in [5.41, 5.74) is 1.42. The van der Waals surface area contributed by atoms with Crippen molar-refractivity contribution in [2.75, 3.05) is 45.8 Å². The van der Waals surface area contributed by atoms with Crippen LogP contribution in [0.2, 0.25) is 0 Å². The summed E-state index contributed by atoms with van der Waals surface area (Å²) in [6.07, 6.45) is 1.90. The normalized spacial score (nSPS) is 22.8. The molecule has 0 aromatic carbocycles. The standard InChI is InChI=1S/C19H28N6O5/c1-3-19(2)17(28)25(18(29)21-19)22-15(26)13-24-10-8-23(9-11-24)7-6-20-16(27)14-5-4-12-30-14/h4-5,12H,3,6-11,13H2,1-2H3,(H,20,27)(H,21,29)(H,22,26). The molecule has 1 aromatic heterocycles. The molecule has 2 aliphatic rings. The van der Waals surface area contributed by atoms with Crippen molar-refractivity contribution in [3.63, 3.8) is 0 Å². The highest BCUT2D eigenvalue weighted by molar-refractivity contribution is 6.07. The number of amides is 5. The lowest BCUT2D eigenvalue weighted by Gasteiger charge is -2.34. The molecule has 3 rings (SSSR count). The molecule has 2 fully saturated rings. The number of rotatable bonds is 8. The van der Waals surface area contributed by atoms with E-state index in [1.807, 2.05) is 4.90 Å². The Hall–Kier alpha value is -2.92. The van der Waals surface area contributed by atoms with Crippen LogP contribution in [0, 0.1) is 0 Å². The number of hydrogen-bond donors (Lipinski definition) is 3. The highest BCUT2D eigenvalue weighted by Gasteiger charge is 2.47. The maximum absolute atomic E-state index is 12.3. The van der Waals surface area contributed by atoms with Crippen LogP contribution in [0.25, 0.3) is 0 Å². The predicted molar refractivity (Wildman–Crippen MR) is 106 cm³/mol. The molecule has 2 aliphatic heterocycles. The second kappa shape index (κ2) is 9.26. The first-order valence-electron chi connectivity index (χ1n) is 10.0.